The molecule has 2 rings (SSSR count). The number of hydrogen-bond acceptors (Lipinski definition) is 7. The van der Waals surface area contributed by atoms with Gasteiger partial charge in [0.05, 0.1) is 35.5 Å². The van der Waals surface area contributed by atoms with E-state index in [0.717, 1.165) is 12.0 Å². The van der Waals surface area contributed by atoms with Gasteiger partial charge in [-0.3, -0.25) is 9.59 Å². The van der Waals surface area contributed by atoms with Gasteiger partial charge in [0, 0.05) is 31.1 Å². The summed E-state index contributed by atoms with van der Waals surface area (Å²) in [5.74, 6) is 2.20. The lowest BCUT2D eigenvalue weighted by atomic mass is 10.1. The lowest BCUT2D eigenvalue weighted by Gasteiger charge is -2.29. The van der Waals surface area contributed by atoms with Gasteiger partial charge in [0.25, 0.3) is 5.91 Å². The molecule has 2 aromatic carbocycles. The van der Waals surface area contributed by atoms with E-state index in [9.17, 15) is 9.59 Å². The molecule has 2 amide bonds. The van der Waals surface area contributed by atoms with Crippen molar-refractivity contribution in [2.24, 2.45) is 0 Å². The molecule has 9 heteroatoms. The highest BCUT2D eigenvalue weighted by molar-refractivity contribution is 5.96. The first-order chi connectivity index (χ1) is 17.3. The Morgan fingerprint density at radius 1 is 0.861 bits per heavy atom. The van der Waals surface area contributed by atoms with Gasteiger partial charge in [-0.25, -0.2) is 0 Å². The maximum atomic E-state index is 13.4. The van der Waals surface area contributed by atoms with Gasteiger partial charge in [-0.2, -0.15) is 0 Å². The molecule has 0 saturated heterocycles. The highest BCUT2D eigenvalue weighted by atomic mass is 16.5. The molecule has 1 unspecified atom stereocenters. The van der Waals surface area contributed by atoms with Gasteiger partial charge in [0.15, 0.2) is 23.0 Å². The van der Waals surface area contributed by atoms with Gasteiger partial charge in [-0.1, -0.05) is 13.0 Å². The third-order valence-electron chi connectivity index (χ3n) is 6.06. The lowest BCUT2D eigenvalue weighted by molar-refractivity contribution is -0.121. The zero-order valence-electron chi connectivity index (χ0n) is 22.3. The molecule has 0 aromatic heterocycles. The Balaban J connectivity index is 2.03. The van der Waals surface area contributed by atoms with Crippen LogP contribution in [0.5, 0.6) is 28.7 Å². The summed E-state index contributed by atoms with van der Waals surface area (Å²) >= 11 is 0. The minimum atomic E-state index is -0.207. The smallest absolute Gasteiger partial charge is 0.254 e. The van der Waals surface area contributed by atoms with Gasteiger partial charge < -0.3 is 33.9 Å². The minimum absolute atomic E-state index is 0.0591. The number of ether oxygens (including phenoxy) is 5. The van der Waals surface area contributed by atoms with Crippen LogP contribution in [0.3, 0.4) is 0 Å². The van der Waals surface area contributed by atoms with Gasteiger partial charge in [0.1, 0.15) is 0 Å². The molecule has 0 aliphatic heterocycles. The summed E-state index contributed by atoms with van der Waals surface area (Å²) in [6, 6.07) is 8.87. The predicted octanol–water partition coefficient (Wildman–Crippen LogP) is 3.72. The van der Waals surface area contributed by atoms with Crippen molar-refractivity contribution in [3.63, 3.8) is 0 Å². The number of rotatable bonds is 14. The number of nitrogens with one attached hydrogen (secondary N) is 1. The fraction of sp³-hybridized carbons (Fsp3) is 0.481. The number of hydrogen-bond donors (Lipinski definition) is 1. The molecular weight excluding hydrogens is 464 g/mol. The van der Waals surface area contributed by atoms with E-state index in [4.69, 9.17) is 23.7 Å². The number of amides is 2. The number of benzene rings is 2. The average Bonchev–Trinajstić information content (AvgIpc) is 2.91. The Bertz CT molecular complexity index is 1000. The van der Waals surface area contributed by atoms with Gasteiger partial charge in [0.2, 0.25) is 11.7 Å². The second-order valence-electron chi connectivity index (χ2n) is 8.21. The quantitative estimate of drug-likeness (QED) is 0.421. The summed E-state index contributed by atoms with van der Waals surface area (Å²) in [6.45, 7) is 4.72. The van der Waals surface area contributed by atoms with Gasteiger partial charge in [-0.15, -0.1) is 0 Å². The molecule has 198 valence electrons. The molecule has 0 spiro atoms. The van der Waals surface area contributed by atoms with E-state index in [2.05, 4.69) is 5.32 Å². The van der Waals surface area contributed by atoms with Crippen LogP contribution in [0.4, 0.5) is 0 Å². The van der Waals surface area contributed by atoms with E-state index in [0.29, 0.717) is 47.3 Å². The first kappa shape index (κ1) is 28.6. The van der Waals surface area contributed by atoms with Crippen molar-refractivity contribution in [1.29, 1.82) is 0 Å². The van der Waals surface area contributed by atoms with Crippen LogP contribution in [-0.2, 0) is 11.2 Å². The average molecular weight is 503 g/mol. The SMILES string of the molecule is CCC(C)N(CCC(=O)NCCc1ccc(OC)c(OC)c1)C(=O)c1cc(OC)c(OC)c(OC)c1. The topological polar surface area (TPSA) is 95.6 Å². The first-order valence-electron chi connectivity index (χ1n) is 11.9. The summed E-state index contributed by atoms with van der Waals surface area (Å²) in [7, 11) is 7.70. The highest BCUT2D eigenvalue weighted by Gasteiger charge is 2.24. The van der Waals surface area contributed by atoms with E-state index in [1.807, 2.05) is 32.0 Å². The van der Waals surface area contributed by atoms with Crippen LogP contribution in [0.15, 0.2) is 30.3 Å². The van der Waals surface area contributed by atoms with Crippen molar-refractivity contribution in [1.82, 2.24) is 10.2 Å². The second-order valence-corrected chi connectivity index (χ2v) is 8.21. The number of nitrogens with zero attached hydrogens (tertiary/aromatic N) is 1. The van der Waals surface area contributed by atoms with E-state index < -0.39 is 0 Å². The Morgan fingerprint density at radius 2 is 1.47 bits per heavy atom. The Kier molecular flexibility index (Phi) is 11.2. The van der Waals surface area contributed by atoms with Crippen molar-refractivity contribution in [3.8, 4) is 28.7 Å². The molecule has 2 aromatic rings. The van der Waals surface area contributed by atoms with Crippen LogP contribution in [-0.4, -0.2) is 71.4 Å². The molecule has 0 radical (unpaired) electrons. The summed E-state index contributed by atoms with van der Waals surface area (Å²) in [5, 5.41) is 2.93. The fourth-order valence-corrected chi connectivity index (χ4v) is 3.81. The van der Waals surface area contributed by atoms with Crippen molar-refractivity contribution in [2.45, 2.75) is 39.2 Å². The molecule has 0 fully saturated rings. The molecule has 0 saturated carbocycles. The van der Waals surface area contributed by atoms with Crippen LogP contribution in [0.1, 0.15) is 42.6 Å². The normalized spacial score (nSPS) is 11.3. The van der Waals surface area contributed by atoms with Gasteiger partial charge >= 0.3 is 0 Å². The molecule has 0 heterocycles. The standard InChI is InChI=1S/C27H38N2O7/c1-8-18(2)29(27(31)20-16-23(34-5)26(36-7)24(17-20)35-6)14-12-25(30)28-13-11-19-9-10-21(32-3)22(15-19)33-4/h9-10,15-18H,8,11-14H2,1-7H3,(H,28,30). The summed E-state index contributed by atoms with van der Waals surface area (Å²) in [6.07, 6.45) is 1.58. The van der Waals surface area contributed by atoms with Crippen LogP contribution < -0.4 is 29.0 Å². The zero-order chi connectivity index (χ0) is 26.7. The molecule has 0 aliphatic carbocycles. The Hall–Kier alpha value is -3.62. The van der Waals surface area contributed by atoms with E-state index in [-0.39, 0.29) is 30.8 Å². The fourth-order valence-electron chi connectivity index (χ4n) is 3.81. The minimum Gasteiger partial charge on any atom is -0.493 e. The largest absolute Gasteiger partial charge is 0.493 e. The molecule has 9 nitrogen and oxygen atoms in total. The first-order valence-corrected chi connectivity index (χ1v) is 11.9. The summed E-state index contributed by atoms with van der Waals surface area (Å²) in [5.41, 5.74) is 1.42. The molecule has 0 aliphatic rings. The molecule has 0 bridgehead atoms. The second kappa shape index (κ2) is 14.1. The lowest BCUT2D eigenvalue weighted by Crippen LogP contribution is -2.41. The monoisotopic (exact) mass is 502 g/mol. The molecule has 1 atom stereocenters. The maximum Gasteiger partial charge on any atom is 0.254 e. The zero-order valence-corrected chi connectivity index (χ0v) is 22.3. The molecule has 36 heavy (non-hydrogen) atoms. The predicted molar refractivity (Wildman–Crippen MR) is 138 cm³/mol. The Labute approximate surface area is 213 Å². The maximum absolute atomic E-state index is 13.4. The van der Waals surface area contributed by atoms with Crippen LogP contribution in [0.2, 0.25) is 0 Å². The number of methoxy groups -OCH3 is 5. The summed E-state index contributed by atoms with van der Waals surface area (Å²) < 4.78 is 26.7. The summed E-state index contributed by atoms with van der Waals surface area (Å²) in [4.78, 5) is 27.7. The molecule has 1 N–H and O–H groups in total. The van der Waals surface area contributed by atoms with E-state index >= 15 is 0 Å². The molecular formula is C27H38N2O7. The van der Waals surface area contributed by atoms with Crippen molar-refractivity contribution < 1.29 is 33.3 Å². The third kappa shape index (κ3) is 7.19. The number of carbonyl (C=O) groups excluding carboxylic acids is 2. The van der Waals surface area contributed by atoms with Crippen LogP contribution >= 0.6 is 0 Å². The van der Waals surface area contributed by atoms with E-state index in [1.165, 1.54) is 21.3 Å². The third-order valence-corrected chi connectivity index (χ3v) is 6.06. The van der Waals surface area contributed by atoms with Gasteiger partial charge in [-0.05, 0) is 49.6 Å². The Morgan fingerprint density at radius 3 is 2.00 bits per heavy atom. The van der Waals surface area contributed by atoms with Crippen LogP contribution in [0.25, 0.3) is 0 Å². The number of carbonyl (C=O) groups is 2. The van der Waals surface area contributed by atoms with Crippen molar-refractivity contribution in [2.75, 3.05) is 48.6 Å². The van der Waals surface area contributed by atoms with Crippen molar-refractivity contribution in [3.05, 3.63) is 41.5 Å². The van der Waals surface area contributed by atoms with E-state index in [1.54, 1.807) is 31.3 Å². The van der Waals surface area contributed by atoms with Crippen molar-refractivity contribution >= 4 is 11.8 Å². The highest BCUT2D eigenvalue weighted by Crippen LogP contribution is 2.38. The van der Waals surface area contributed by atoms with Crippen LogP contribution in [0, 0.1) is 0 Å².